The maximum absolute atomic E-state index is 6.92. The molecule has 2 unspecified atom stereocenters. The van der Waals surface area contributed by atoms with Crippen LogP contribution in [0, 0.1) is 11.8 Å². The molecule has 0 amide bonds. The van der Waals surface area contributed by atoms with Gasteiger partial charge in [-0.05, 0) is 97.7 Å². The average Bonchev–Trinajstić information content (AvgIpc) is 3.59. The van der Waals surface area contributed by atoms with Gasteiger partial charge in [-0.2, -0.15) is 0 Å². The molecule has 0 saturated carbocycles. The maximum atomic E-state index is 6.92. The van der Waals surface area contributed by atoms with E-state index in [1.165, 1.54) is 193 Å². The summed E-state index contributed by atoms with van der Waals surface area (Å²) < 4.78 is 6.92. The molecule has 2 atom stereocenters. The summed E-state index contributed by atoms with van der Waals surface area (Å²) >= 11 is 0. The van der Waals surface area contributed by atoms with Crippen LogP contribution in [-0.2, 0) is 4.74 Å². The smallest absolute Gasteiger partial charge is 0.0687 e. The number of unbranched alkanes of at least 4 members (excludes halogenated alkanes) is 21. The zero-order chi connectivity index (χ0) is 39.8. The summed E-state index contributed by atoms with van der Waals surface area (Å²) in [4.78, 5) is 2.31. The summed E-state index contributed by atoms with van der Waals surface area (Å²) in [6.07, 6.45) is 46.7. The Morgan fingerprint density at radius 2 is 0.904 bits per heavy atom. The van der Waals surface area contributed by atoms with Gasteiger partial charge in [0.2, 0.25) is 0 Å². The highest BCUT2D eigenvalue weighted by atomic mass is 16.5. The van der Waals surface area contributed by atoms with Gasteiger partial charge in [-0.3, -0.25) is 0 Å². The van der Waals surface area contributed by atoms with Gasteiger partial charge in [0.25, 0.3) is 0 Å². The fraction of sp³-hybridized carbons (Fsp3) is 0.920. The van der Waals surface area contributed by atoms with E-state index >= 15 is 0 Å². The van der Waals surface area contributed by atoms with Gasteiger partial charge in [0.05, 0.1) is 11.7 Å². The molecule has 1 saturated heterocycles. The number of hydrogen-bond acceptors (Lipinski definition) is 2. The fourth-order valence-corrected chi connectivity index (χ4v) is 6.93. The summed E-state index contributed by atoms with van der Waals surface area (Å²) in [6, 6.07) is 0. The van der Waals surface area contributed by atoms with Crippen LogP contribution in [0.1, 0.15) is 268 Å². The summed E-state index contributed by atoms with van der Waals surface area (Å²) in [6.45, 7) is 21.8. The van der Waals surface area contributed by atoms with E-state index in [9.17, 15) is 0 Å². The second-order valence-electron chi connectivity index (χ2n) is 14.5. The first-order chi connectivity index (χ1) is 25.6. The lowest BCUT2D eigenvalue weighted by molar-refractivity contribution is -0.0579. The van der Waals surface area contributed by atoms with Crippen molar-refractivity contribution >= 4 is 0 Å². The van der Waals surface area contributed by atoms with Crippen molar-refractivity contribution in [2.24, 2.45) is 0 Å². The van der Waals surface area contributed by atoms with Crippen molar-refractivity contribution in [1.29, 1.82) is 0 Å². The van der Waals surface area contributed by atoms with Gasteiger partial charge in [0, 0.05) is 12.8 Å². The van der Waals surface area contributed by atoms with Crippen LogP contribution in [0.2, 0.25) is 0 Å². The molecule has 52 heavy (non-hydrogen) atoms. The summed E-state index contributed by atoms with van der Waals surface area (Å²) in [5.41, 5.74) is 0.185. The molecule has 0 aromatic rings. The standard InChI is InChI=1S/C42H79NO.4C2H6/c1-5-7-9-11-13-15-17-19-21-23-25-27-29-31-33-38-42(39-36-41(44-42)35-34-40-43(3)4)37-32-30-28-26-24-22-20-18-16-14-12-10-8-6-2;4*1-2/h19,21,41H,5-17,22-40H2,1-4H3;4*1-2H3/b21-19-;;;;. The molecule has 0 radical (unpaired) electrons. The number of hydrogen-bond donors (Lipinski definition) is 0. The second kappa shape index (κ2) is 52.3. The number of allylic oxidation sites excluding steroid dienone is 2. The molecule has 1 aliphatic rings. The minimum absolute atomic E-state index is 0.185. The third-order valence-corrected chi connectivity index (χ3v) is 9.83. The molecule has 0 spiro atoms. The Balaban J connectivity index is -0.00000134. The molecular weight excluding hydrogens is 631 g/mol. The lowest BCUT2D eigenvalue weighted by Crippen LogP contribution is -2.29. The van der Waals surface area contributed by atoms with E-state index in [1.807, 2.05) is 55.4 Å². The van der Waals surface area contributed by atoms with E-state index < -0.39 is 0 Å². The van der Waals surface area contributed by atoms with Gasteiger partial charge in [0.15, 0.2) is 0 Å². The highest BCUT2D eigenvalue weighted by Crippen LogP contribution is 2.40. The molecule has 0 aliphatic carbocycles. The van der Waals surface area contributed by atoms with Gasteiger partial charge in [-0.25, -0.2) is 0 Å². The van der Waals surface area contributed by atoms with E-state index in [-0.39, 0.29) is 5.60 Å². The highest BCUT2D eigenvalue weighted by molar-refractivity contribution is 4.98. The Morgan fingerprint density at radius 1 is 0.519 bits per heavy atom. The van der Waals surface area contributed by atoms with Gasteiger partial charge in [-0.1, -0.05) is 191 Å². The molecule has 2 nitrogen and oxygen atoms in total. The van der Waals surface area contributed by atoms with Crippen LogP contribution in [0.25, 0.3) is 0 Å². The Hall–Kier alpha value is -0.780. The van der Waals surface area contributed by atoms with Gasteiger partial charge >= 0.3 is 0 Å². The SMILES string of the molecule is CC.CC.CC.CC.CCCCCCCC#CCCCCCCCC1(CCCCCCC/C=C\CCCCCCCC)CCC(CCCN(C)C)O1. The van der Waals surface area contributed by atoms with E-state index in [4.69, 9.17) is 4.74 Å². The van der Waals surface area contributed by atoms with Crippen molar-refractivity contribution in [3.8, 4) is 11.8 Å². The van der Waals surface area contributed by atoms with Crippen LogP contribution in [0.15, 0.2) is 12.2 Å². The van der Waals surface area contributed by atoms with Crippen LogP contribution in [0.3, 0.4) is 0 Å². The van der Waals surface area contributed by atoms with Crippen molar-refractivity contribution in [2.45, 2.75) is 280 Å². The zero-order valence-electron chi connectivity index (χ0n) is 38.7. The third-order valence-electron chi connectivity index (χ3n) is 9.83. The quantitative estimate of drug-likeness (QED) is 0.0400. The summed E-state index contributed by atoms with van der Waals surface area (Å²) in [5, 5.41) is 0. The first-order valence-corrected chi connectivity index (χ1v) is 24.0. The minimum atomic E-state index is 0.185. The Kier molecular flexibility index (Phi) is 58.3. The molecule has 1 aliphatic heterocycles. The lowest BCUT2D eigenvalue weighted by atomic mass is 9.87. The third kappa shape index (κ3) is 43.6. The van der Waals surface area contributed by atoms with Gasteiger partial charge < -0.3 is 9.64 Å². The predicted molar refractivity (Wildman–Crippen MR) is 243 cm³/mol. The largest absolute Gasteiger partial charge is 0.372 e. The molecule has 1 heterocycles. The van der Waals surface area contributed by atoms with E-state index in [2.05, 4.69) is 56.8 Å². The zero-order valence-corrected chi connectivity index (χ0v) is 38.7. The lowest BCUT2D eigenvalue weighted by Gasteiger charge is -2.30. The van der Waals surface area contributed by atoms with Crippen molar-refractivity contribution in [2.75, 3.05) is 20.6 Å². The second-order valence-corrected chi connectivity index (χ2v) is 14.5. The van der Waals surface area contributed by atoms with Crippen LogP contribution < -0.4 is 0 Å². The van der Waals surface area contributed by atoms with E-state index in [0.717, 1.165) is 12.8 Å². The monoisotopic (exact) mass is 734 g/mol. The first-order valence-electron chi connectivity index (χ1n) is 24.0. The Bertz CT molecular complexity index is 688. The molecule has 1 fully saturated rings. The number of rotatable bonds is 31. The summed E-state index contributed by atoms with van der Waals surface area (Å²) in [7, 11) is 4.38. The molecule has 1 rings (SSSR count). The van der Waals surface area contributed by atoms with Crippen molar-refractivity contribution in [3.63, 3.8) is 0 Å². The molecule has 0 aromatic carbocycles. The average molecular weight is 734 g/mol. The van der Waals surface area contributed by atoms with Crippen LogP contribution >= 0.6 is 0 Å². The molecular formula is C50H103NO. The number of ether oxygens (including phenoxy) is 1. The van der Waals surface area contributed by atoms with Crippen molar-refractivity contribution < 1.29 is 4.74 Å². The molecule has 314 valence electrons. The molecule has 2 heteroatoms. The minimum Gasteiger partial charge on any atom is -0.372 e. The van der Waals surface area contributed by atoms with Crippen LogP contribution in [0.5, 0.6) is 0 Å². The maximum Gasteiger partial charge on any atom is 0.0687 e. The first kappa shape index (κ1) is 57.9. The topological polar surface area (TPSA) is 12.5 Å². The van der Waals surface area contributed by atoms with Gasteiger partial charge in [0.1, 0.15) is 0 Å². The van der Waals surface area contributed by atoms with Crippen LogP contribution in [-0.4, -0.2) is 37.2 Å². The normalized spacial score (nSPS) is 16.1. The molecule has 0 bridgehead atoms. The highest BCUT2D eigenvalue weighted by Gasteiger charge is 2.38. The Morgan fingerprint density at radius 3 is 1.33 bits per heavy atom. The fourth-order valence-electron chi connectivity index (χ4n) is 6.93. The molecule has 0 N–H and O–H groups in total. The predicted octanol–water partition coefficient (Wildman–Crippen LogP) is 17.5. The van der Waals surface area contributed by atoms with E-state index in [0.29, 0.717) is 6.10 Å². The van der Waals surface area contributed by atoms with E-state index in [1.54, 1.807) is 0 Å². The number of nitrogens with zero attached hydrogens (tertiary/aromatic N) is 1. The van der Waals surface area contributed by atoms with Crippen molar-refractivity contribution in [1.82, 2.24) is 4.90 Å². The molecule has 0 aromatic heterocycles. The van der Waals surface area contributed by atoms with Crippen LogP contribution in [0.4, 0.5) is 0 Å². The summed E-state index contributed by atoms with van der Waals surface area (Å²) in [5.74, 6) is 6.84. The Labute approximate surface area is 333 Å². The van der Waals surface area contributed by atoms with Crippen molar-refractivity contribution in [3.05, 3.63) is 12.2 Å². The van der Waals surface area contributed by atoms with Gasteiger partial charge in [-0.15, -0.1) is 11.8 Å².